The van der Waals surface area contributed by atoms with Crippen molar-refractivity contribution in [2.24, 2.45) is 0 Å². The maximum absolute atomic E-state index is 15.5. The number of ether oxygens (including phenoxy) is 4. The van der Waals surface area contributed by atoms with Crippen molar-refractivity contribution in [3.63, 3.8) is 0 Å². The van der Waals surface area contributed by atoms with E-state index in [4.69, 9.17) is 23.9 Å². The molecule has 0 saturated heterocycles. The van der Waals surface area contributed by atoms with Crippen molar-refractivity contribution in [2.75, 3.05) is 24.7 Å². The number of amides is 1. The predicted octanol–water partition coefficient (Wildman–Crippen LogP) is 5.42. The summed E-state index contributed by atoms with van der Waals surface area (Å²) in [4.78, 5) is 19.9. The summed E-state index contributed by atoms with van der Waals surface area (Å²) in [6.07, 6.45) is 2.99. The van der Waals surface area contributed by atoms with Crippen molar-refractivity contribution in [3.8, 4) is 22.6 Å². The Morgan fingerprint density at radius 3 is 2.68 bits per heavy atom. The fourth-order valence-corrected chi connectivity index (χ4v) is 5.53. The number of aliphatic hydroxyl groups excluding tert-OH is 1. The third-order valence-electron chi connectivity index (χ3n) is 7.41. The molecule has 0 radical (unpaired) electrons. The average molecular weight is 604 g/mol. The quantitative estimate of drug-likeness (QED) is 0.298. The van der Waals surface area contributed by atoms with Gasteiger partial charge in [0.2, 0.25) is 0 Å². The van der Waals surface area contributed by atoms with E-state index in [1.54, 1.807) is 50.3 Å². The average Bonchev–Trinajstić information content (AvgIpc) is 3.62. The number of pyridine rings is 2. The van der Waals surface area contributed by atoms with Crippen LogP contribution in [0.3, 0.4) is 0 Å². The Labute approximate surface area is 253 Å². The van der Waals surface area contributed by atoms with E-state index < -0.39 is 23.8 Å². The van der Waals surface area contributed by atoms with Crippen molar-refractivity contribution in [2.45, 2.75) is 59.0 Å². The van der Waals surface area contributed by atoms with Crippen LogP contribution in [0.4, 0.5) is 15.0 Å². The van der Waals surface area contributed by atoms with Gasteiger partial charge < -0.3 is 24.1 Å². The minimum Gasteiger partial charge on any atom is -0.493 e. The fraction of sp³-hybridized carbons (Fsp3) is 0.375. The van der Waals surface area contributed by atoms with Gasteiger partial charge in [-0.2, -0.15) is 0 Å². The molecule has 4 aromatic rings. The van der Waals surface area contributed by atoms with E-state index in [-0.39, 0.29) is 19.1 Å². The van der Waals surface area contributed by atoms with Crippen LogP contribution < -0.4 is 14.4 Å². The molecular weight excluding hydrogens is 569 g/mol. The molecule has 1 N–H and O–H groups in total. The molecule has 1 unspecified atom stereocenters. The molecule has 2 aliphatic rings. The Balaban J connectivity index is 1.50. The van der Waals surface area contributed by atoms with E-state index in [9.17, 15) is 9.90 Å². The number of fused-ring (bicyclic) bond motifs is 3. The molecule has 0 saturated carbocycles. The van der Waals surface area contributed by atoms with Crippen molar-refractivity contribution in [1.82, 2.24) is 19.6 Å². The van der Waals surface area contributed by atoms with E-state index in [0.717, 1.165) is 5.56 Å². The zero-order chi connectivity index (χ0) is 31.2. The van der Waals surface area contributed by atoms with E-state index >= 15 is 4.39 Å². The Hall–Kier alpha value is -4.55. The van der Waals surface area contributed by atoms with Crippen LogP contribution in [-0.2, 0) is 16.0 Å². The topological polar surface area (TPSA) is 121 Å². The molecule has 0 spiro atoms. The third-order valence-corrected chi connectivity index (χ3v) is 7.41. The second kappa shape index (κ2) is 11.5. The van der Waals surface area contributed by atoms with Gasteiger partial charge in [-0.05, 0) is 71.0 Å². The van der Waals surface area contributed by atoms with Gasteiger partial charge in [-0.25, -0.2) is 9.18 Å². The summed E-state index contributed by atoms with van der Waals surface area (Å²) < 4.78 is 40.4. The Morgan fingerprint density at radius 2 is 1.95 bits per heavy atom. The first-order valence-corrected chi connectivity index (χ1v) is 14.4. The van der Waals surface area contributed by atoms with Crippen molar-refractivity contribution in [3.05, 3.63) is 71.1 Å². The summed E-state index contributed by atoms with van der Waals surface area (Å²) in [6.45, 7) is 9.75. The highest BCUT2D eigenvalue weighted by atomic mass is 19.1. The number of rotatable bonds is 5. The zero-order valence-electron chi connectivity index (χ0n) is 25.2. The first-order chi connectivity index (χ1) is 21.0. The second-order valence-corrected chi connectivity index (χ2v) is 11.7. The van der Waals surface area contributed by atoms with Gasteiger partial charge in [-0.3, -0.25) is 14.3 Å². The van der Waals surface area contributed by atoms with Crippen LogP contribution >= 0.6 is 0 Å². The number of hydrogen-bond donors (Lipinski definition) is 1. The number of halogens is 1. The highest BCUT2D eigenvalue weighted by Crippen LogP contribution is 2.44. The predicted molar refractivity (Wildman–Crippen MR) is 160 cm³/mol. The molecule has 1 amide bonds. The van der Waals surface area contributed by atoms with Crippen LogP contribution in [0.15, 0.2) is 42.7 Å². The SMILES string of the molecule is CCOC(O)/C=C/c1ccc(-c2cc3c(n4cnnc24)N(C(=O)OC(C)(C)C)Cc2c(F)ccc4c2[C@H](CO4)CO3)c(C)n1. The van der Waals surface area contributed by atoms with Gasteiger partial charge in [0, 0.05) is 34.6 Å². The summed E-state index contributed by atoms with van der Waals surface area (Å²) in [7, 11) is 0. The van der Waals surface area contributed by atoms with E-state index in [1.165, 1.54) is 23.4 Å². The molecule has 0 aliphatic carbocycles. The molecule has 2 aliphatic heterocycles. The second-order valence-electron chi connectivity index (χ2n) is 11.7. The summed E-state index contributed by atoms with van der Waals surface area (Å²) in [5.41, 5.74) is 3.42. The first-order valence-electron chi connectivity index (χ1n) is 14.4. The van der Waals surface area contributed by atoms with E-state index in [2.05, 4.69) is 10.2 Å². The number of hydrogen-bond acceptors (Lipinski definition) is 9. The smallest absolute Gasteiger partial charge is 0.416 e. The number of aliphatic hydroxyl groups is 1. The number of carbonyl (C=O) groups excluding carboxylic acids is 1. The summed E-state index contributed by atoms with van der Waals surface area (Å²) in [5, 5.41) is 18.4. The Kier molecular flexibility index (Phi) is 7.72. The summed E-state index contributed by atoms with van der Waals surface area (Å²) >= 11 is 0. The van der Waals surface area contributed by atoms with Crippen LogP contribution in [0.5, 0.6) is 11.5 Å². The molecular formula is C32H34FN5O6. The molecule has 230 valence electrons. The zero-order valence-corrected chi connectivity index (χ0v) is 25.2. The van der Waals surface area contributed by atoms with Gasteiger partial charge in [0.15, 0.2) is 23.5 Å². The number of benzene rings is 1. The Bertz CT molecular complexity index is 1760. The fourth-order valence-electron chi connectivity index (χ4n) is 5.53. The number of aryl methyl sites for hydroxylation is 1. The van der Waals surface area contributed by atoms with Crippen LogP contribution in [0.25, 0.3) is 22.9 Å². The molecule has 1 aromatic carbocycles. The maximum atomic E-state index is 15.5. The minimum atomic E-state index is -1.03. The lowest BCUT2D eigenvalue weighted by molar-refractivity contribution is -0.0581. The Morgan fingerprint density at radius 1 is 1.18 bits per heavy atom. The minimum absolute atomic E-state index is 0.123. The van der Waals surface area contributed by atoms with Gasteiger partial charge in [-0.15, -0.1) is 10.2 Å². The van der Waals surface area contributed by atoms with Gasteiger partial charge in [0.05, 0.1) is 31.4 Å². The van der Waals surface area contributed by atoms with Crippen LogP contribution in [0.1, 0.15) is 56.1 Å². The van der Waals surface area contributed by atoms with Gasteiger partial charge >= 0.3 is 6.09 Å². The van der Waals surface area contributed by atoms with Gasteiger partial charge in [0.25, 0.3) is 0 Å². The molecule has 11 nitrogen and oxygen atoms in total. The third kappa shape index (κ3) is 5.58. The number of carbonyl (C=O) groups is 1. The van der Waals surface area contributed by atoms with Crippen molar-refractivity contribution in [1.29, 1.82) is 0 Å². The molecule has 12 heteroatoms. The number of aromatic nitrogens is 4. The highest BCUT2D eigenvalue weighted by Gasteiger charge is 2.37. The summed E-state index contributed by atoms with van der Waals surface area (Å²) in [6, 6.07) is 8.48. The van der Waals surface area contributed by atoms with Crippen LogP contribution in [0, 0.1) is 12.7 Å². The molecule has 3 aromatic heterocycles. The molecule has 5 heterocycles. The normalized spacial score (nSPS) is 16.9. The standard InChI is InChI=1S/C32H34FN5O6/c1-6-41-27(39)12-8-20-7-9-21(18(2)35-20)22-13-26-30(38-17-34-36-29(22)38)37(31(40)44-32(3,4)5)14-23-24(33)10-11-25-28(23)19(15-42-25)16-43-26/h7-13,17,19,27,39H,6,14-16H2,1-5H3/b12-8+/t19-,27?/m1/s1. The molecule has 44 heavy (non-hydrogen) atoms. The highest BCUT2D eigenvalue weighted by molar-refractivity contribution is 5.92. The van der Waals surface area contributed by atoms with Crippen molar-refractivity contribution >= 4 is 23.6 Å². The van der Waals surface area contributed by atoms with Crippen molar-refractivity contribution < 1.29 is 33.2 Å². The van der Waals surface area contributed by atoms with Crippen LogP contribution in [0.2, 0.25) is 0 Å². The van der Waals surface area contributed by atoms with Gasteiger partial charge in [-0.1, -0.05) is 6.07 Å². The molecule has 0 bridgehead atoms. The van der Waals surface area contributed by atoms with Crippen LogP contribution in [-0.4, -0.2) is 62.5 Å². The number of anilines is 1. The van der Waals surface area contributed by atoms with E-state index in [0.29, 0.717) is 64.3 Å². The number of nitrogens with zero attached hydrogens (tertiary/aromatic N) is 5. The molecule has 0 fully saturated rings. The van der Waals surface area contributed by atoms with Gasteiger partial charge in [0.1, 0.15) is 23.5 Å². The maximum Gasteiger partial charge on any atom is 0.416 e. The van der Waals surface area contributed by atoms with E-state index in [1.807, 2.05) is 19.1 Å². The largest absolute Gasteiger partial charge is 0.493 e. The lowest BCUT2D eigenvalue weighted by Gasteiger charge is -2.29. The molecule has 6 rings (SSSR count). The lowest BCUT2D eigenvalue weighted by atomic mass is 9.95. The molecule has 2 atom stereocenters. The summed E-state index contributed by atoms with van der Waals surface area (Å²) in [5.74, 6) is 0.560. The first kappa shape index (κ1) is 29.5. The monoisotopic (exact) mass is 603 g/mol. The lowest BCUT2D eigenvalue weighted by Crippen LogP contribution is -2.38.